The van der Waals surface area contributed by atoms with Gasteiger partial charge in [0.05, 0.1) is 22.6 Å². The number of hydrogen-bond donors (Lipinski definition) is 0. The molecule has 0 bridgehead atoms. The summed E-state index contributed by atoms with van der Waals surface area (Å²) >= 11 is 1.40. The molecule has 0 fully saturated rings. The van der Waals surface area contributed by atoms with Crippen molar-refractivity contribution in [2.45, 2.75) is 24.9 Å². The summed E-state index contributed by atoms with van der Waals surface area (Å²) in [6.45, 7) is 3.50. The Morgan fingerprint density at radius 2 is 2.00 bits per heavy atom. The number of aryl methyl sites for hydroxylation is 1. The highest BCUT2D eigenvalue weighted by Gasteiger charge is 2.26. The lowest BCUT2D eigenvalue weighted by Gasteiger charge is -2.08. The molecule has 2 aromatic heterocycles. The van der Waals surface area contributed by atoms with Crippen LogP contribution >= 0.6 is 11.3 Å². The SMILES string of the molecule is Cc1ncc(CS(=O)(=O)[C@H](C)c2cn(-c3ccccc3)nn2)s1. The fourth-order valence-electron chi connectivity index (χ4n) is 2.15. The Hall–Kier alpha value is -2.06. The maximum absolute atomic E-state index is 12.6. The Labute approximate surface area is 138 Å². The van der Waals surface area contributed by atoms with Gasteiger partial charge in [-0.2, -0.15) is 0 Å². The summed E-state index contributed by atoms with van der Waals surface area (Å²) < 4.78 is 26.7. The molecule has 120 valence electrons. The molecule has 6 nitrogen and oxygen atoms in total. The van der Waals surface area contributed by atoms with E-state index in [1.54, 1.807) is 24.0 Å². The number of nitrogens with zero attached hydrogens (tertiary/aromatic N) is 4. The van der Waals surface area contributed by atoms with Crippen molar-refractivity contribution in [3.63, 3.8) is 0 Å². The molecule has 3 rings (SSSR count). The van der Waals surface area contributed by atoms with Crippen LogP contribution in [0.5, 0.6) is 0 Å². The molecule has 8 heteroatoms. The second kappa shape index (κ2) is 6.21. The maximum atomic E-state index is 12.6. The minimum atomic E-state index is -3.37. The third-order valence-electron chi connectivity index (χ3n) is 3.50. The number of aromatic nitrogens is 4. The van der Waals surface area contributed by atoms with Gasteiger partial charge >= 0.3 is 0 Å². The van der Waals surface area contributed by atoms with Crippen molar-refractivity contribution < 1.29 is 8.42 Å². The van der Waals surface area contributed by atoms with E-state index in [0.29, 0.717) is 5.69 Å². The van der Waals surface area contributed by atoms with Crippen LogP contribution < -0.4 is 0 Å². The first kappa shape index (κ1) is 15.8. The van der Waals surface area contributed by atoms with Gasteiger partial charge in [0, 0.05) is 11.1 Å². The second-order valence-corrected chi connectivity index (χ2v) is 8.86. The topological polar surface area (TPSA) is 77.7 Å². The van der Waals surface area contributed by atoms with E-state index in [2.05, 4.69) is 15.3 Å². The van der Waals surface area contributed by atoms with E-state index >= 15 is 0 Å². The summed E-state index contributed by atoms with van der Waals surface area (Å²) in [6.07, 6.45) is 3.28. The Morgan fingerprint density at radius 3 is 2.65 bits per heavy atom. The highest BCUT2D eigenvalue weighted by atomic mass is 32.2. The number of sulfone groups is 1. The lowest BCUT2D eigenvalue weighted by atomic mass is 10.3. The lowest BCUT2D eigenvalue weighted by Crippen LogP contribution is -2.12. The molecule has 0 N–H and O–H groups in total. The fourth-order valence-corrected chi connectivity index (χ4v) is 4.67. The molecule has 0 unspecified atom stereocenters. The van der Waals surface area contributed by atoms with E-state index in [0.717, 1.165) is 15.6 Å². The van der Waals surface area contributed by atoms with Crippen molar-refractivity contribution in [1.82, 2.24) is 20.0 Å². The van der Waals surface area contributed by atoms with Crippen molar-refractivity contribution in [2.24, 2.45) is 0 Å². The molecule has 0 aliphatic heterocycles. The van der Waals surface area contributed by atoms with Gasteiger partial charge in [-0.3, -0.25) is 0 Å². The molecular weight excluding hydrogens is 332 g/mol. The number of rotatable bonds is 5. The van der Waals surface area contributed by atoms with Crippen LogP contribution in [0.15, 0.2) is 42.7 Å². The first-order valence-corrected chi connectivity index (χ1v) is 9.59. The number of para-hydroxylation sites is 1. The normalized spacial score (nSPS) is 13.1. The monoisotopic (exact) mass is 348 g/mol. The van der Waals surface area contributed by atoms with E-state index in [9.17, 15) is 8.42 Å². The Kier molecular flexibility index (Phi) is 4.27. The lowest BCUT2D eigenvalue weighted by molar-refractivity contribution is 0.584. The highest BCUT2D eigenvalue weighted by Crippen LogP contribution is 2.26. The Morgan fingerprint density at radius 1 is 1.26 bits per heavy atom. The van der Waals surface area contributed by atoms with Crippen LogP contribution in [0.1, 0.15) is 27.8 Å². The van der Waals surface area contributed by atoms with Crippen LogP contribution in [-0.2, 0) is 15.6 Å². The van der Waals surface area contributed by atoms with Gasteiger partial charge in [-0.1, -0.05) is 23.4 Å². The molecule has 3 aromatic rings. The molecule has 1 aromatic carbocycles. The largest absolute Gasteiger partial charge is 0.250 e. The van der Waals surface area contributed by atoms with Crippen LogP contribution in [0.4, 0.5) is 0 Å². The van der Waals surface area contributed by atoms with Gasteiger partial charge < -0.3 is 0 Å². The standard InChI is InChI=1S/C15H16N4O2S2/c1-11(23(20,21)10-14-8-16-12(2)22-14)15-9-19(18-17-15)13-6-4-3-5-7-13/h3-9,11H,10H2,1-2H3/t11-/m1/s1. The molecule has 0 saturated carbocycles. The zero-order chi connectivity index (χ0) is 16.4. The van der Waals surface area contributed by atoms with Gasteiger partial charge in [-0.15, -0.1) is 16.4 Å². The van der Waals surface area contributed by atoms with Crippen LogP contribution in [0.2, 0.25) is 0 Å². The predicted molar refractivity (Wildman–Crippen MR) is 89.2 cm³/mol. The van der Waals surface area contributed by atoms with Gasteiger partial charge in [0.2, 0.25) is 0 Å². The summed E-state index contributed by atoms with van der Waals surface area (Å²) in [6, 6.07) is 9.47. The zero-order valence-electron chi connectivity index (χ0n) is 12.7. The van der Waals surface area contributed by atoms with Crippen molar-refractivity contribution in [2.75, 3.05) is 0 Å². The summed E-state index contributed by atoms with van der Waals surface area (Å²) in [4.78, 5) is 4.84. The van der Waals surface area contributed by atoms with Crippen molar-refractivity contribution in [3.05, 3.63) is 58.3 Å². The molecular formula is C15H16N4O2S2. The summed E-state index contributed by atoms with van der Waals surface area (Å²) in [7, 11) is -3.37. The fraction of sp³-hybridized carbons (Fsp3) is 0.267. The highest BCUT2D eigenvalue weighted by molar-refractivity contribution is 7.91. The first-order valence-electron chi connectivity index (χ1n) is 7.06. The average molecular weight is 348 g/mol. The first-order chi connectivity index (χ1) is 11.0. The van der Waals surface area contributed by atoms with Gasteiger partial charge in [0.1, 0.15) is 10.9 Å². The molecule has 0 saturated heterocycles. The summed E-state index contributed by atoms with van der Waals surface area (Å²) in [5.41, 5.74) is 1.28. The smallest absolute Gasteiger partial charge is 0.163 e. The maximum Gasteiger partial charge on any atom is 0.163 e. The average Bonchev–Trinajstić information content (AvgIpc) is 3.16. The molecule has 0 spiro atoms. The van der Waals surface area contributed by atoms with E-state index < -0.39 is 15.1 Å². The van der Waals surface area contributed by atoms with Crippen LogP contribution in [-0.4, -0.2) is 28.4 Å². The number of thiazole rings is 1. The van der Waals surface area contributed by atoms with E-state index in [1.807, 2.05) is 37.3 Å². The van der Waals surface area contributed by atoms with Gasteiger partial charge in [-0.25, -0.2) is 18.1 Å². The zero-order valence-corrected chi connectivity index (χ0v) is 14.4. The second-order valence-electron chi connectivity index (χ2n) is 5.22. The molecule has 2 heterocycles. The molecule has 0 aliphatic carbocycles. The molecule has 0 aliphatic rings. The van der Waals surface area contributed by atoms with Crippen molar-refractivity contribution in [3.8, 4) is 5.69 Å². The molecule has 1 atom stereocenters. The quantitative estimate of drug-likeness (QED) is 0.708. The van der Waals surface area contributed by atoms with E-state index in [-0.39, 0.29) is 5.75 Å². The Bertz CT molecular complexity index is 900. The van der Waals surface area contributed by atoms with Crippen LogP contribution in [0.3, 0.4) is 0 Å². The number of hydrogen-bond acceptors (Lipinski definition) is 6. The van der Waals surface area contributed by atoms with E-state index in [1.165, 1.54) is 11.3 Å². The van der Waals surface area contributed by atoms with Crippen LogP contribution in [0, 0.1) is 6.92 Å². The summed E-state index contributed by atoms with van der Waals surface area (Å²) in [5, 5.41) is 8.19. The molecule has 0 amide bonds. The third-order valence-corrected chi connectivity index (χ3v) is 6.63. The summed E-state index contributed by atoms with van der Waals surface area (Å²) in [5.74, 6) is -0.0299. The van der Waals surface area contributed by atoms with Crippen molar-refractivity contribution >= 4 is 21.2 Å². The molecule has 23 heavy (non-hydrogen) atoms. The van der Waals surface area contributed by atoms with E-state index in [4.69, 9.17) is 0 Å². The molecule has 0 radical (unpaired) electrons. The predicted octanol–water partition coefficient (Wildman–Crippen LogP) is 2.71. The van der Waals surface area contributed by atoms with Gasteiger partial charge in [0.15, 0.2) is 9.84 Å². The number of benzene rings is 1. The van der Waals surface area contributed by atoms with Crippen LogP contribution in [0.25, 0.3) is 5.69 Å². The van der Waals surface area contributed by atoms with Crippen molar-refractivity contribution in [1.29, 1.82) is 0 Å². The minimum Gasteiger partial charge on any atom is -0.250 e. The third kappa shape index (κ3) is 3.48. The Balaban J connectivity index is 1.82. The van der Waals surface area contributed by atoms with Gasteiger partial charge in [-0.05, 0) is 26.0 Å². The van der Waals surface area contributed by atoms with Gasteiger partial charge in [0.25, 0.3) is 0 Å². The minimum absolute atomic E-state index is 0.0299.